The Kier molecular flexibility index (Phi) is 3.95. The summed E-state index contributed by atoms with van der Waals surface area (Å²) in [7, 11) is 0. The molecule has 1 saturated heterocycles. The Balaban J connectivity index is 2.07. The summed E-state index contributed by atoms with van der Waals surface area (Å²) in [6, 6.07) is 6.81. The average Bonchev–Trinajstić information content (AvgIpc) is 2.30. The molecular weight excluding hydrogens is 229 g/mol. The number of hydrogen-bond donors (Lipinski definition) is 1. The van der Waals surface area contributed by atoms with Crippen molar-refractivity contribution < 1.29 is 4.39 Å². The molecule has 2 N–H and O–H groups in total. The zero-order chi connectivity index (χ0) is 13.1. The summed E-state index contributed by atoms with van der Waals surface area (Å²) in [4.78, 5) is 2.27. The second-order valence-electron chi connectivity index (χ2n) is 5.22. The molecule has 2 unspecified atom stereocenters. The van der Waals surface area contributed by atoms with Crippen molar-refractivity contribution in [3.63, 3.8) is 0 Å². The maximum absolute atomic E-state index is 13.2. The Hall–Kier alpha value is -1.44. The van der Waals surface area contributed by atoms with Gasteiger partial charge in [0.05, 0.1) is 5.56 Å². The van der Waals surface area contributed by atoms with Gasteiger partial charge >= 0.3 is 0 Å². The van der Waals surface area contributed by atoms with Crippen molar-refractivity contribution in [3.05, 3.63) is 35.1 Å². The molecule has 96 valence electrons. The molecule has 1 aliphatic heterocycles. The highest BCUT2D eigenvalue weighted by Crippen LogP contribution is 2.18. The number of nitrogens with two attached hydrogens (primary N) is 1. The van der Waals surface area contributed by atoms with Crippen LogP contribution in [0.4, 0.5) is 4.39 Å². The first-order valence-electron chi connectivity index (χ1n) is 6.25. The molecule has 0 aromatic heterocycles. The largest absolute Gasteiger partial charge is 0.327 e. The molecule has 2 rings (SSSR count). The first kappa shape index (κ1) is 13.0. The van der Waals surface area contributed by atoms with Gasteiger partial charge in [0, 0.05) is 25.7 Å². The van der Waals surface area contributed by atoms with E-state index in [0.29, 0.717) is 5.92 Å². The minimum absolute atomic E-state index is 0.113. The smallest absolute Gasteiger partial charge is 0.140 e. The van der Waals surface area contributed by atoms with Crippen molar-refractivity contribution in [1.29, 1.82) is 5.26 Å². The monoisotopic (exact) mass is 247 g/mol. The van der Waals surface area contributed by atoms with Crippen LogP contribution < -0.4 is 5.73 Å². The Morgan fingerprint density at radius 2 is 2.28 bits per heavy atom. The third kappa shape index (κ3) is 3.06. The Morgan fingerprint density at radius 3 is 2.94 bits per heavy atom. The van der Waals surface area contributed by atoms with E-state index in [0.717, 1.165) is 31.6 Å². The topological polar surface area (TPSA) is 53.0 Å². The van der Waals surface area contributed by atoms with Gasteiger partial charge in [-0.1, -0.05) is 13.0 Å². The lowest BCUT2D eigenvalue weighted by Gasteiger charge is -2.34. The Morgan fingerprint density at radius 1 is 1.50 bits per heavy atom. The van der Waals surface area contributed by atoms with Crippen LogP contribution in [-0.2, 0) is 6.54 Å². The number of benzene rings is 1. The summed E-state index contributed by atoms with van der Waals surface area (Å²) in [5.74, 6) is 0.134. The Labute approximate surface area is 107 Å². The SMILES string of the molecule is CC1CC(N)CN(Cc2ccc(F)c(C#N)c2)C1. The van der Waals surface area contributed by atoms with Crippen LogP contribution in [0.3, 0.4) is 0 Å². The summed E-state index contributed by atoms with van der Waals surface area (Å²) in [5.41, 5.74) is 7.08. The predicted molar refractivity (Wildman–Crippen MR) is 68.1 cm³/mol. The number of hydrogen-bond acceptors (Lipinski definition) is 3. The van der Waals surface area contributed by atoms with Gasteiger partial charge in [-0.25, -0.2) is 4.39 Å². The van der Waals surface area contributed by atoms with Crippen molar-refractivity contribution in [2.75, 3.05) is 13.1 Å². The van der Waals surface area contributed by atoms with Crippen LogP contribution in [-0.4, -0.2) is 24.0 Å². The van der Waals surface area contributed by atoms with Crippen LogP contribution in [0.5, 0.6) is 0 Å². The van der Waals surface area contributed by atoms with Gasteiger partial charge in [-0.05, 0) is 30.0 Å². The number of nitriles is 1. The molecule has 0 amide bonds. The predicted octanol–water partition coefficient (Wildman–Crippen LogP) is 1.87. The number of nitrogens with zero attached hydrogens (tertiary/aromatic N) is 2. The summed E-state index contributed by atoms with van der Waals surface area (Å²) in [5, 5.41) is 8.81. The van der Waals surface area contributed by atoms with Gasteiger partial charge in [-0.3, -0.25) is 4.90 Å². The van der Waals surface area contributed by atoms with Crippen LogP contribution in [0, 0.1) is 23.1 Å². The summed E-state index contributed by atoms with van der Waals surface area (Å²) in [6.45, 7) is 4.79. The molecule has 0 radical (unpaired) electrons. The van der Waals surface area contributed by atoms with Gasteiger partial charge < -0.3 is 5.73 Å². The molecule has 0 spiro atoms. The van der Waals surface area contributed by atoms with Crippen LogP contribution in [0.15, 0.2) is 18.2 Å². The molecule has 0 saturated carbocycles. The van der Waals surface area contributed by atoms with E-state index in [1.807, 2.05) is 6.07 Å². The van der Waals surface area contributed by atoms with Gasteiger partial charge in [0.1, 0.15) is 11.9 Å². The second-order valence-corrected chi connectivity index (χ2v) is 5.22. The van der Waals surface area contributed by atoms with E-state index in [2.05, 4.69) is 11.8 Å². The van der Waals surface area contributed by atoms with E-state index in [1.54, 1.807) is 12.1 Å². The molecule has 0 bridgehead atoms. The van der Waals surface area contributed by atoms with E-state index >= 15 is 0 Å². The standard InChI is InChI=1S/C14H18FN3/c1-10-4-13(17)9-18(7-10)8-11-2-3-14(15)12(5-11)6-16/h2-3,5,10,13H,4,7-9,17H2,1H3. The number of piperidine rings is 1. The molecule has 1 aromatic carbocycles. The Bertz CT molecular complexity index is 457. The minimum atomic E-state index is -0.454. The molecule has 2 atom stereocenters. The van der Waals surface area contributed by atoms with Gasteiger partial charge in [0.2, 0.25) is 0 Å². The van der Waals surface area contributed by atoms with Crippen LogP contribution >= 0.6 is 0 Å². The van der Waals surface area contributed by atoms with Gasteiger partial charge in [0.15, 0.2) is 0 Å². The van der Waals surface area contributed by atoms with E-state index < -0.39 is 5.82 Å². The van der Waals surface area contributed by atoms with E-state index in [-0.39, 0.29) is 11.6 Å². The minimum Gasteiger partial charge on any atom is -0.327 e. The molecule has 18 heavy (non-hydrogen) atoms. The van der Waals surface area contributed by atoms with Gasteiger partial charge in [-0.15, -0.1) is 0 Å². The molecule has 0 aliphatic carbocycles. The fourth-order valence-corrected chi connectivity index (χ4v) is 2.66. The van der Waals surface area contributed by atoms with E-state index in [9.17, 15) is 4.39 Å². The quantitative estimate of drug-likeness (QED) is 0.868. The molecule has 1 aromatic rings. The molecule has 1 heterocycles. The lowest BCUT2D eigenvalue weighted by molar-refractivity contribution is 0.158. The zero-order valence-electron chi connectivity index (χ0n) is 10.6. The summed E-state index contributed by atoms with van der Waals surface area (Å²) < 4.78 is 13.2. The maximum Gasteiger partial charge on any atom is 0.140 e. The highest BCUT2D eigenvalue weighted by Gasteiger charge is 2.22. The molecule has 4 heteroatoms. The number of halogens is 1. The molecule has 1 aliphatic rings. The maximum atomic E-state index is 13.2. The van der Waals surface area contributed by atoms with Crippen LogP contribution in [0.2, 0.25) is 0 Å². The van der Waals surface area contributed by atoms with E-state index in [1.165, 1.54) is 6.07 Å². The van der Waals surface area contributed by atoms with Crippen molar-refractivity contribution in [3.8, 4) is 6.07 Å². The third-order valence-corrected chi connectivity index (χ3v) is 3.33. The first-order valence-corrected chi connectivity index (χ1v) is 6.25. The lowest BCUT2D eigenvalue weighted by Crippen LogP contribution is -2.45. The van der Waals surface area contributed by atoms with Crippen molar-refractivity contribution in [2.24, 2.45) is 11.7 Å². The molecule has 1 fully saturated rings. The zero-order valence-corrected chi connectivity index (χ0v) is 10.6. The first-order chi connectivity index (χ1) is 8.58. The number of rotatable bonds is 2. The van der Waals surface area contributed by atoms with Crippen molar-refractivity contribution >= 4 is 0 Å². The van der Waals surface area contributed by atoms with Gasteiger partial charge in [0.25, 0.3) is 0 Å². The van der Waals surface area contributed by atoms with E-state index in [4.69, 9.17) is 11.0 Å². The summed E-state index contributed by atoms with van der Waals surface area (Å²) in [6.07, 6.45) is 1.06. The van der Waals surface area contributed by atoms with Crippen molar-refractivity contribution in [1.82, 2.24) is 4.90 Å². The second kappa shape index (κ2) is 5.47. The third-order valence-electron chi connectivity index (χ3n) is 3.33. The van der Waals surface area contributed by atoms with Gasteiger partial charge in [-0.2, -0.15) is 5.26 Å². The molecule has 3 nitrogen and oxygen atoms in total. The van der Waals surface area contributed by atoms with Crippen LogP contribution in [0.1, 0.15) is 24.5 Å². The molecular formula is C14H18FN3. The summed E-state index contributed by atoms with van der Waals surface area (Å²) >= 11 is 0. The fourth-order valence-electron chi connectivity index (χ4n) is 2.66. The fraction of sp³-hybridized carbons (Fsp3) is 0.500. The number of likely N-dealkylation sites (tertiary alicyclic amines) is 1. The van der Waals surface area contributed by atoms with Crippen LogP contribution in [0.25, 0.3) is 0 Å². The normalized spacial score (nSPS) is 24.8. The highest BCUT2D eigenvalue weighted by atomic mass is 19.1. The lowest BCUT2D eigenvalue weighted by atomic mass is 9.96. The average molecular weight is 247 g/mol. The van der Waals surface area contributed by atoms with Crippen molar-refractivity contribution in [2.45, 2.75) is 25.9 Å². The highest BCUT2D eigenvalue weighted by molar-refractivity contribution is 5.34.